The normalized spacial score (nSPS) is 11.3. The van der Waals surface area contributed by atoms with E-state index in [-0.39, 0.29) is 29.5 Å². The summed E-state index contributed by atoms with van der Waals surface area (Å²) in [6.45, 7) is 7.04. The van der Waals surface area contributed by atoms with Crippen molar-refractivity contribution in [1.29, 1.82) is 0 Å². The number of ether oxygens (including phenoxy) is 6. The third-order valence-electron chi connectivity index (χ3n) is 8.64. The Morgan fingerprint density at radius 2 is 1.34 bits per heavy atom. The van der Waals surface area contributed by atoms with Crippen molar-refractivity contribution in [2.75, 3.05) is 38.2 Å². The highest BCUT2D eigenvalue weighted by Gasteiger charge is 2.37. The molecule has 5 rings (SSSR count). The van der Waals surface area contributed by atoms with Crippen LogP contribution in [0.3, 0.4) is 0 Å². The van der Waals surface area contributed by atoms with Gasteiger partial charge in [-0.2, -0.15) is 4.31 Å². The average molecular weight is 811 g/mol. The number of nitrogens with zero attached hydrogens (tertiary/aromatic N) is 1. The van der Waals surface area contributed by atoms with Crippen LogP contribution >= 0.6 is 0 Å². The van der Waals surface area contributed by atoms with Crippen molar-refractivity contribution >= 4 is 27.8 Å². The minimum atomic E-state index is -4.46. The number of carbonyl (C=O) groups excluding carboxylic acids is 2. The Morgan fingerprint density at radius 1 is 0.690 bits per heavy atom. The molecular formula is C45H50N2O10S. The van der Waals surface area contributed by atoms with Crippen molar-refractivity contribution in [3.8, 4) is 23.0 Å². The summed E-state index contributed by atoms with van der Waals surface area (Å²) in [6, 6.07) is 34.7. The predicted octanol–water partition coefficient (Wildman–Crippen LogP) is 8.37. The van der Waals surface area contributed by atoms with E-state index in [9.17, 15) is 18.0 Å². The number of hydrogen-bond acceptors (Lipinski definition) is 11. The van der Waals surface area contributed by atoms with Gasteiger partial charge in [-0.1, -0.05) is 60.7 Å². The van der Waals surface area contributed by atoms with E-state index in [0.29, 0.717) is 46.7 Å². The van der Waals surface area contributed by atoms with Crippen LogP contribution in [0, 0.1) is 0 Å². The molecule has 1 N–H and O–H groups in total. The van der Waals surface area contributed by atoms with Gasteiger partial charge >= 0.3 is 12.1 Å². The highest BCUT2D eigenvalue weighted by molar-refractivity contribution is 7.93. The van der Waals surface area contributed by atoms with E-state index < -0.39 is 27.7 Å². The fourth-order valence-electron chi connectivity index (χ4n) is 5.69. The van der Waals surface area contributed by atoms with Crippen molar-refractivity contribution in [2.45, 2.75) is 57.3 Å². The van der Waals surface area contributed by atoms with Crippen LogP contribution in [0.4, 0.5) is 10.5 Å². The van der Waals surface area contributed by atoms with Gasteiger partial charge in [-0.05, 0) is 112 Å². The summed E-state index contributed by atoms with van der Waals surface area (Å²) in [5.74, 6) is 1.46. The summed E-state index contributed by atoms with van der Waals surface area (Å²) in [5, 5.41) is 3.42. The average Bonchev–Trinajstić information content (AvgIpc) is 3.22. The van der Waals surface area contributed by atoms with Crippen molar-refractivity contribution in [2.24, 2.45) is 0 Å². The number of nitrogens with one attached hydrogen (secondary N) is 1. The molecule has 13 heteroatoms. The van der Waals surface area contributed by atoms with Gasteiger partial charge in [0.1, 0.15) is 47.5 Å². The Bertz CT molecular complexity index is 2210. The number of esters is 1. The lowest BCUT2D eigenvalue weighted by molar-refractivity contribution is 0.0591. The second-order valence-electron chi connectivity index (χ2n) is 14.1. The maximum absolute atomic E-state index is 14.2. The molecule has 0 aromatic heterocycles. The van der Waals surface area contributed by atoms with E-state index in [2.05, 4.69) is 5.32 Å². The fourth-order valence-corrected chi connectivity index (χ4v) is 7.04. The predicted molar refractivity (Wildman–Crippen MR) is 221 cm³/mol. The molecule has 0 radical (unpaired) electrons. The van der Waals surface area contributed by atoms with E-state index in [4.69, 9.17) is 28.4 Å². The maximum Gasteiger partial charge on any atom is 0.429 e. The highest BCUT2D eigenvalue weighted by atomic mass is 32.2. The second-order valence-corrected chi connectivity index (χ2v) is 15.9. The minimum Gasteiger partial charge on any atom is -0.497 e. The van der Waals surface area contributed by atoms with E-state index in [1.807, 2.05) is 48.5 Å². The zero-order chi connectivity index (χ0) is 41.5. The first-order chi connectivity index (χ1) is 27.9. The molecule has 1 amide bonds. The van der Waals surface area contributed by atoms with Gasteiger partial charge in [-0.25, -0.2) is 18.0 Å². The number of carbonyl (C=O) groups is 2. The Balaban J connectivity index is 1.20. The fraction of sp³-hybridized carbons (Fsp3) is 0.289. The molecule has 0 unspecified atom stereocenters. The van der Waals surface area contributed by atoms with Crippen molar-refractivity contribution in [3.05, 3.63) is 144 Å². The second kappa shape index (κ2) is 20.4. The van der Waals surface area contributed by atoms with Gasteiger partial charge in [-0.15, -0.1) is 0 Å². The molecule has 5 aromatic carbocycles. The number of amides is 1. The lowest BCUT2D eigenvalue weighted by atomic mass is 10.1. The SMILES string of the molecule is COC(=O)c1ccccc1COc1ccc(CCNCCCOc2ccc(OCc3ccc(OC)cc3)c(N(C(=O)OC(C)(C)C)S(=O)(=O)c3ccccc3)c2)cc1. The first kappa shape index (κ1) is 43.1. The number of anilines is 1. The molecule has 306 valence electrons. The summed E-state index contributed by atoms with van der Waals surface area (Å²) >= 11 is 0. The first-order valence-corrected chi connectivity index (χ1v) is 20.3. The molecule has 12 nitrogen and oxygen atoms in total. The van der Waals surface area contributed by atoms with Gasteiger partial charge in [0.2, 0.25) is 0 Å². The van der Waals surface area contributed by atoms with Gasteiger partial charge in [0.05, 0.1) is 31.3 Å². The molecule has 0 heterocycles. The summed E-state index contributed by atoms with van der Waals surface area (Å²) < 4.78 is 62.9. The Labute approximate surface area is 340 Å². The molecule has 0 aliphatic carbocycles. The van der Waals surface area contributed by atoms with E-state index >= 15 is 0 Å². The van der Waals surface area contributed by atoms with Crippen LogP contribution in [-0.4, -0.2) is 60.0 Å². The molecule has 0 aliphatic heterocycles. The molecule has 0 bridgehead atoms. The topological polar surface area (TPSA) is 139 Å². The summed E-state index contributed by atoms with van der Waals surface area (Å²) in [4.78, 5) is 25.7. The van der Waals surface area contributed by atoms with Crippen LogP contribution in [0.5, 0.6) is 23.0 Å². The first-order valence-electron chi connectivity index (χ1n) is 18.8. The summed E-state index contributed by atoms with van der Waals surface area (Å²) in [5.41, 5.74) is 2.11. The Hall–Kier alpha value is -6.05. The molecule has 58 heavy (non-hydrogen) atoms. The molecule has 0 atom stereocenters. The van der Waals surface area contributed by atoms with E-state index in [0.717, 1.165) is 29.7 Å². The van der Waals surface area contributed by atoms with Crippen LogP contribution < -0.4 is 28.6 Å². The molecule has 0 aliphatic rings. The number of rotatable bonds is 19. The quantitative estimate of drug-likeness (QED) is 0.0636. The molecule has 0 saturated carbocycles. The van der Waals surface area contributed by atoms with Gasteiger partial charge < -0.3 is 33.7 Å². The Morgan fingerprint density at radius 3 is 2.03 bits per heavy atom. The monoisotopic (exact) mass is 810 g/mol. The van der Waals surface area contributed by atoms with Gasteiger partial charge in [-0.3, -0.25) is 0 Å². The standard InChI is InChI=1S/C45H50N2O10S/c1-45(2,3)57-44(49)47(58(50,51)39-13-7-6-8-14-39)41-30-38(24-25-42(41)56-31-34-18-20-36(52-4)21-19-34)54-29-11-27-46-28-26-33-16-22-37(23-17-33)55-32-35-12-9-10-15-40(35)43(48)53-5/h6-10,12-25,30,46H,11,26-29,31-32H2,1-5H3. The largest absolute Gasteiger partial charge is 0.497 e. The van der Waals surface area contributed by atoms with Crippen LogP contribution in [0.25, 0.3) is 0 Å². The van der Waals surface area contributed by atoms with E-state index in [1.165, 1.54) is 25.3 Å². The summed E-state index contributed by atoms with van der Waals surface area (Å²) in [7, 11) is -1.53. The minimum absolute atomic E-state index is 0.0512. The van der Waals surface area contributed by atoms with Crippen molar-refractivity contribution < 1.29 is 46.4 Å². The number of hydrogen-bond donors (Lipinski definition) is 1. The number of sulfonamides is 1. The van der Waals surface area contributed by atoms with Gasteiger partial charge in [0.15, 0.2) is 0 Å². The smallest absolute Gasteiger partial charge is 0.429 e. The highest BCUT2D eigenvalue weighted by Crippen LogP contribution is 2.38. The van der Waals surface area contributed by atoms with Crippen molar-refractivity contribution in [3.63, 3.8) is 0 Å². The number of methoxy groups -OCH3 is 2. The third kappa shape index (κ3) is 12.2. The number of benzene rings is 5. The molecular weight excluding hydrogens is 761 g/mol. The lowest BCUT2D eigenvalue weighted by Gasteiger charge is -2.28. The molecule has 0 saturated heterocycles. The Kier molecular flexibility index (Phi) is 15.1. The van der Waals surface area contributed by atoms with Crippen LogP contribution in [0.2, 0.25) is 0 Å². The summed E-state index contributed by atoms with van der Waals surface area (Å²) in [6.07, 6.45) is 0.364. The van der Waals surface area contributed by atoms with Gasteiger partial charge in [0.25, 0.3) is 10.0 Å². The lowest BCUT2D eigenvalue weighted by Crippen LogP contribution is -2.41. The molecule has 0 fully saturated rings. The molecule has 5 aromatic rings. The molecule has 0 spiro atoms. The van der Waals surface area contributed by atoms with Crippen LogP contribution in [-0.2, 0) is 39.1 Å². The maximum atomic E-state index is 14.2. The third-order valence-corrected chi connectivity index (χ3v) is 10.3. The van der Waals surface area contributed by atoms with Gasteiger partial charge in [0, 0.05) is 11.6 Å². The zero-order valence-electron chi connectivity index (χ0n) is 33.4. The zero-order valence-corrected chi connectivity index (χ0v) is 34.3. The van der Waals surface area contributed by atoms with Crippen LogP contribution in [0.15, 0.2) is 126 Å². The van der Waals surface area contributed by atoms with Crippen molar-refractivity contribution in [1.82, 2.24) is 5.32 Å². The van der Waals surface area contributed by atoms with Crippen LogP contribution in [0.1, 0.15) is 54.2 Å². The van der Waals surface area contributed by atoms with E-state index in [1.54, 1.807) is 82.5 Å².